The first-order valence-corrected chi connectivity index (χ1v) is 10.9. The summed E-state index contributed by atoms with van der Waals surface area (Å²) in [4.78, 5) is 26.5. The first-order valence-electron chi connectivity index (χ1n) is 10.9. The highest BCUT2D eigenvalue weighted by Gasteiger charge is 2.27. The van der Waals surface area contributed by atoms with Crippen LogP contribution < -0.4 is 9.80 Å². The van der Waals surface area contributed by atoms with E-state index in [1.165, 1.54) is 24.8 Å². The van der Waals surface area contributed by atoms with Gasteiger partial charge in [0.15, 0.2) is 0 Å². The lowest BCUT2D eigenvalue weighted by atomic mass is 10.0. The Labute approximate surface area is 188 Å². The number of piperidine rings is 1. The number of hydrogen-bond acceptors (Lipinski definition) is 5. The standard InChI is InChI=1S/C25H27FN4O2.H2/c1-17(2)30(18-9-8-10-19(31)15-18)24(32)21-16-27-25(29-13-6-3-7-14-29)28-23(21)20-11-4-5-12-22(20)26;/h4-5,8-12,15-17,31H,3,6-7,13-14H2,1-2H3;1H. The van der Waals surface area contributed by atoms with Gasteiger partial charge in [0.05, 0.1) is 11.3 Å². The summed E-state index contributed by atoms with van der Waals surface area (Å²) in [5, 5.41) is 9.93. The van der Waals surface area contributed by atoms with E-state index < -0.39 is 5.82 Å². The van der Waals surface area contributed by atoms with E-state index in [2.05, 4.69) is 14.9 Å². The molecule has 0 radical (unpaired) electrons. The number of hydrogen-bond donors (Lipinski definition) is 1. The monoisotopic (exact) mass is 436 g/mol. The van der Waals surface area contributed by atoms with E-state index in [-0.39, 0.29) is 35.9 Å². The minimum Gasteiger partial charge on any atom is -0.508 e. The molecule has 2 heterocycles. The minimum absolute atomic E-state index is 0. The van der Waals surface area contributed by atoms with E-state index >= 15 is 0 Å². The summed E-state index contributed by atoms with van der Waals surface area (Å²) in [6.07, 6.45) is 4.77. The molecule has 4 rings (SSSR count). The van der Waals surface area contributed by atoms with Gasteiger partial charge in [0.2, 0.25) is 5.95 Å². The van der Waals surface area contributed by atoms with E-state index in [1.807, 2.05) is 13.8 Å². The van der Waals surface area contributed by atoms with Crippen molar-refractivity contribution in [3.05, 3.63) is 66.1 Å². The lowest BCUT2D eigenvalue weighted by Gasteiger charge is -2.29. The van der Waals surface area contributed by atoms with Crippen molar-refractivity contribution in [1.82, 2.24) is 9.97 Å². The number of carbonyl (C=O) groups excluding carboxylic acids is 1. The fourth-order valence-electron chi connectivity index (χ4n) is 4.06. The van der Waals surface area contributed by atoms with Gasteiger partial charge >= 0.3 is 0 Å². The van der Waals surface area contributed by atoms with Crippen LogP contribution >= 0.6 is 0 Å². The van der Waals surface area contributed by atoms with E-state index in [4.69, 9.17) is 0 Å². The summed E-state index contributed by atoms with van der Waals surface area (Å²) in [5.74, 6) is -0.229. The highest BCUT2D eigenvalue weighted by molar-refractivity contribution is 6.10. The number of aromatic hydroxyl groups is 1. The fourth-order valence-corrected chi connectivity index (χ4v) is 4.06. The van der Waals surface area contributed by atoms with Gasteiger partial charge in [-0.05, 0) is 57.4 Å². The van der Waals surface area contributed by atoms with Crippen molar-refractivity contribution in [3.63, 3.8) is 0 Å². The van der Waals surface area contributed by atoms with Crippen LogP contribution in [0.15, 0.2) is 54.7 Å². The second-order valence-corrected chi connectivity index (χ2v) is 8.25. The summed E-state index contributed by atoms with van der Waals surface area (Å²) in [5.41, 5.74) is 1.29. The lowest BCUT2D eigenvalue weighted by Crippen LogP contribution is -2.38. The fraction of sp³-hybridized carbons (Fsp3) is 0.320. The Hall–Kier alpha value is -3.48. The number of amides is 1. The van der Waals surface area contributed by atoms with Crippen molar-refractivity contribution in [2.75, 3.05) is 22.9 Å². The van der Waals surface area contributed by atoms with Gasteiger partial charge < -0.3 is 14.9 Å². The molecule has 6 nitrogen and oxygen atoms in total. The van der Waals surface area contributed by atoms with Crippen LogP contribution in [0.2, 0.25) is 0 Å². The zero-order valence-corrected chi connectivity index (χ0v) is 18.3. The predicted molar refractivity (Wildman–Crippen MR) is 126 cm³/mol. The highest BCUT2D eigenvalue weighted by Crippen LogP contribution is 2.30. The van der Waals surface area contributed by atoms with Gasteiger partial charge in [-0.3, -0.25) is 4.79 Å². The number of phenols is 1. The molecule has 0 spiro atoms. The first-order chi connectivity index (χ1) is 15.5. The van der Waals surface area contributed by atoms with Crippen LogP contribution in [0, 0.1) is 5.82 Å². The van der Waals surface area contributed by atoms with Crippen molar-refractivity contribution in [2.45, 2.75) is 39.2 Å². The van der Waals surface area contributed by atoms with Crippen molar-refractivity contribution >= 4 is 17.5 Å². The van der Waals surface area contributed by atoms with Crippen LogP contribution in [0.1, 0.15) is 44.9 Å². The number of benzene rings is 2. The molecular weight excluding hydrogens is 407 g/mol. The van der Waals surface area contributed by atoms with Crippen molar-refractivity contribution in [2.24, 2.45) is 0 Å². The Morgan fingerprint density at radius 3 is 2.56 bits per heavy atom. The highest BCUT2D eigenvalue weighted by atomic mass is 19.1. The number of carbonyl (C=O) groups is 1. The number of nitrogens with zero attached hydrogens (tertiary/aromatic N) is 4. The minimum atomic E-state index is -0.446. The van der Waals surface area contributed by atoms with Gasteiger partial charge in [-0.25, -0.2) is 14.4 Å². The van der Waals surface area contributed by atoms with Crippen LogP contribution in [0.3, 0.4) is 0 Å². The molecular formula is C25H29FN4O2. The van der Waals surface area contributed by atoms with E-state index in [0.29, 0.717) is 11.6 Å². The number of halogens is 1. The van der Waals surface area contributed by atoms with Crippen LogP contribution in [0.25, 0.3) is 11.3 Å². The Kier molecular flexibility index (Phi) is 6.35. The molecule has 0 saturated carbocycles. The molecule has 32 heavy (non-hydrogen) atoms. The van der Waals surface area contributed by atoms with Gasteiger partial charge in [0, 0.05) is 44.1 Å². The Morgan fingerprint density at radius 1 is 1.12 bits per heavy atom. The van der Waals surface area contributed by atoms with Crippen LogP contribution in [0.5, 0.6) is 5.75 Å². The third kappa shape index (κ3) is 4.42. The van der Waals surface area contributed by atoms with Crippen LogP contribution in [-0.2, 0) is 0 Å². The zero-order chi connectivity index (χ0) is 22.7. The quantitative estimate of drug-likeness (QED) is 0.589. The summed E-state index contributed by atoms with van der Waals surface area (Å²) >= 11 is 0. The molecule has 0 aliphatic carbocycles. The van der Waals surface area contributed by atoms with E-state index in [9.17, 15) is 14.3 Å². The molecule has 1 aliphatic rings. The molecule has 0 bridgehead atoms. The average molecular weight is 437 g/mol. The van der Waals surface area contributed by atoms with Crippen molar-refractivity contribution < 1.29 is 15.7 Å². The van der Waals surface area contributed by atoms with Gasteiger partial charge in [-0.2, -0.15) is 0 Å². The number of anilines is 2. The van der Waals surface area contributed by atoms with E-state index in [0.717, 1.165) is 25.9 Å². The summed E-state index contributed by atoms with van der Waals surface area (Å²) < 4.78 is 14.8. The number of phenolic OH excluding ortho intramolecular Hbond substituents is 1. The SMILES string of the molecule is CC(C)N(C(=O)c1cnc(N2CCCCC2)nc1-c1ccccc1F)c1cccc(O)c1.[HH]. The van der Waals surface area contributed by atoms with Crippen LogP contribution in [-0.4, -0.2) is 40.1 Å². The maximum atomic E-state index is 14.8. The molecule has 1 saturated heterocycles. The van der Waals surface area contributed by atoms with E-state index in [1.54, 1.807) is 41.3 Å². The largest absolute Gasteiger partial charge is 0.508 e. The van der Waals surface area contributed by atoms with Crippen molar-refractivity contribution in [1.29, 1.82) is 0 Å². The van der Waals surface area contributed by atoms with Crippen molar-refractivity contribution in [3.8, 4) is 17.0 Å². The molecule has 1 fully saturated rings. The molecule has 7 heteroatoms. The van der Waals surface area contributed by atoms with Crippen LogP contribution in [0.4, 0.5) is 16.0 Å². The topological polar surface area (TPSA) is 69.6 Å². The van der Waals surface area contributed by atoms with Gasteiger partial charge in [0.25, 0.3) is 5.91 Å². The molecule has 1 aromatic heterocycles. The zero-order valence-electron chi connectivity index (χ0n) is 18.3. The normalized spacial score (nSPS) is 13.9. The second kappa shape index (κ2) is 9.34. The molecule has 0 atom stereocenters. The summed E-state index contributed by atoms with van der Waals surface area (Å²) in [6, 6.07) is 12.6. The molecule has 168 valence electrons. The molecule has 0 unspecified atom stereocenters. The average Bonchev–Trinajstić information content (AvgIpc) is 2.79. The Bertz CT molecular complexity index is 1120. The van der Waals surface area contributed by atoms with Gasteiger partial charge in [-0.1, -0.05) is 18.2 Å². The molecule has 1 amide bonds. The molecule has 1 N–H and O–H groups in total. The summed E-state index contributed by atoms with van der Waals surface area (Å²) in [7, 11) is 0. The van der Waals surface area contributed by atoms with Gasteiger partial charge in [0.1, 0.15) is 11.6 Å². The smallest absolute Gasteiger partial charge is 0.262 e. The first kappa shape index (κ1) is 21.7. The maximum Gasteiger partial charge on any atom is 0.262 e. The lowest BCUT2D eigenvalue weighted by molar-refractivity contribution is 0.0980. The Balaban J connectivity index is 0.00000306. The third-order valence-electron chi connectivity index (χ3n) is 5.62. The van der Waals surface area contributed by atoms with Gasteiger partial charge in [-0.15, -0.1) is 0 Å². The third-order valence-corrected chi connectivity index (χ3v) is 5.62. The number of rotatable bonds is 5. The summed E-state index contributed by atoms with van der Waals surface area (Å²) in [6.45, 7) is 5.44. The molecule has 1 aliphatic heterocycles. The molecule has 3 aromatic rings. The number of aromatic nitrogens is 2. The second-order valence-electron chi connectivity index (χ2n) is 8.25. The Morgan fingerprint density at radius 2 is 1.88 bits per heavy atom. The predicted octanol–water partition coefficient (Wildman–Crippen LogP) is 5.28. The maximum absolute atomic E-state index is 14.8. The molecule has 2 aromatic carbocycles.